The highest BCUT2D eigenvalue weighted by Gasteiger charge is 2.28. The Labute approximate surface area is 131 Å². The minimum absolute atomic E-state index is 0.191. The van der Waals surface area contributed by atoms with Gasteiger partial charge in [-0.05, 0) is 31.9 Å². The molecule has 1 aliphatic heterocycles. The number of piperazine rings is 1. The fraction of sp³-hybridized carbons (Fsp3) is 0.533. The van der Waals surface area contributed by atoms with E-state index in [1.165, 1.54) is 0 Å². The summed E-state index contributed by atoms with van der Waals surface area (Å²) in [6.07, 6.45) is 0. The third kappa shape index (κ3) is 3.66. The van der Waals surface area contributed by atoms with Crippen molar-refractivity contribution in [2.45, 2.75) is 31.7 Å². The maximum Gasteiger partial charge on any atom is 0.264 e. The Kier molecular flexibility index (Phi) is 5.20. The molecule has 0 aromatic heterocycles. The van der Waals surface area contributed by atoms with Crippen LogP contribution >= 0.6 is 0 Å². The maximum absolute atomic E-state index is 12.5. The molecule has 0 aliphatic carbocycles. The molecule has 1 unspecified atom stereocenters. The van der Waals surface area contributed by atoms with Crippen LogP contribution in [0.15, 0.2) is 23.1 Å². The van der Waals surface area contributed by atoms with E-state index in [4.69, 9.17) is 0 Å². The molecule has 0 saturated carbocycles. The molecule has 22 heavy (non-hydrogen) atoms. The highest BCUT2D eigenvalue weighted by atomic mass is 32.2. The molecule has 1 fully saturated rings. The summed E-state index contributed by atoms with van der Waals surface area (Å²) in [4.78, 5) is 14.5. The monoisotopic (exact) mass is 325 g/mol. The van der Waals surface area contributed by atoms with Crippen LogP contribution in [0.4, 0.5) is 0 Å². The van der Waals surface area contributed by atoms with E-state index in [1.807, 2.05) is 4.90 Å². The Balaban J connectivity index is 2.16. The van der Waals surface area contributed by atoms with Crippen LogP contribution in [0.25, 0.3) is 0 Å². The van der Waals surface area contributed by atoms with E-state index in [-0.39, 0.29) is 4.90 Å². The number of hydrogen-bond acceptors (Lipinski definition) is 5. The molecule has 0 bridgehead atoms. The molecule has 0 spiro atoms. The summed E-state index contributed by atoms with van der Waals surface area (Å²) < 4.78 is 27.2. The van der Waals surface area contributed by atoms with Gasteiger partial charge in [-0.15, -0.1) is 0 Å². The first-order valence-corrected chi connectivity index (χ1v) is 8.89. The van der Waals surface area contributed by atoms with E-state index >= 15 is 0 Å². The lowest BCUT2D eigenvalue weighted by atomic mass is 10.2. The fourth-order valence-electron chi connectivity index (χ4n) is 2.73. The predicted octanol–water partition coefficient (Wildman–Crippen LogP) is 0.402. The average Bonchev–Trinajstić information content (AvgIpc) is 2.46. The average molecular weight is 325 g/mol. The second-order valence-corrected chi connectivity index (χ2v) is 7.27. The molecule has 1 aromatic carbocycles. The van der Waals surface area contributed by atoms with Crippen molar-refractivity contribution in [1.29, 1.82) is 0 Å². The van der Waals surface area contributed by atoms with Crippen LogP contribution in [0, 0.1) is 13.8 Å². The fourth-order valence-corrected chi connectivity index (χ4v) is 4.25. The maximum atomic E-state index is 12.5. The quantitative estimate of drug-likeness (QED) is 0.838. The van der Waals surface area contributed by atoms with Gasteiger partial charge in [0.2, 0.25) is 0 Å². The Morgan fingerprint density at radius 2 is 1.77 bits per heavy atom. The number of hydrogen-bond donors (Lipinski definition) is 2. The van der Waals surface area contributed by atoms with E-state index in [9.17, 15) is 13.2 Å². The summed E-state index contributed by atoms with van der Waals surface area (Å²) in [7, 11) is -3.85. The second-order valence-electron chi connectivity index (χ2n) is 5.65. The molecular weight excluding hydrogens is 302 g/mol. The number of nitrogens with one attached hydrogen (secondary N) is 2. The van der Waals surface area contributed by atoms with Crippen molar-refractivity contribution in [3.63, 3.8) is 0 Å². The number of carbonyl (C=O) groups excluding carboxylic acids is 1. The zero-order chi connectivity index (χ0) is 16.3. The number of nitrogens with zero attached hydrogens (tertiary/aromatic N) is 1. The lowest BCUT2D eigenvalue weighted by Crippen LogP contribution is -2.53. The lowest BCUT2D eigenvalue weighted by molar-refractivity contribution is -0.124. The topological polar surface area (TPSA) is 78.5 Å². The molecule has 2 N–H and O–H groups in total. The van der Waals surface area contributed by atoms with Crippen molar-refractivity contribution in [2.75, 3.05) is 26.2 Å². The Hall–Kier alpha value is -1.44. The smallest absolute Gasteiger partial charge is 0.264 e. The van der Waals surface area contributed by atoms with Crippen LogP contribution in [-0.4, -0.2) is 51.4 Å². The molecular formula is C15H23N3O3S. The Morgan fingerprint density at radius 3 is 2.32 bits per heavy atom. The number of amides is 1. The largest absolute Gasteiger partial charge is 0.314 e. The van der Waals surface area contributed by atoms with E-state index in [2.05, 4.69) is 10.0 Å². The van der Waals surface area contributed by atoms with Gasteiger partial charge >= 0.3 is 0 Å². The lowest BCUT2D eigenvalue weighted by Gasteiger charge is -2.31. The summed E-state index contributed by atoms with van der Waals surface area (Å²) in [5.41, 5.74) is 1.27. The third-order valence-corrected chi connectivity index (χ3v) is 5.64. The van der Waals surface area contributed by atoms with Gasteiger partial charge in [0, 0.05) is 26.2 Å². The van der Waals surface area contributed by atoms with Gasteiger partial charge in [0.25, 0.3) is 15.9 Å². The first kappa shape index (κ1) is 16.9. The van der Waals surface area contributed by atoms with Gasteiger partial charge in [-0.1, -0.05) is 18.2 Å². The number of carbonyl (C=O) groups is 1. The van der Waals surface area contributed by atoms with Gasteiger partial charge in [-0.25, -0.2) is 13.1 Å². The van der Waals surface area contributed by atoms with Crippen molar-refractivity contribution in [1.82, 2.24) is 14.9 Å². The minimum atomic E-state index is -3.85. The normalized spacial score (nSPS) is 18.0. The predicted molar refractivity (Wildman–Crippen MR) is 85.1 cm³/mol. The van der Waals surface area contributed by atoms with E-state index < -0.39 is 22.0 Å². The SMILES string of the molecule is Cc1cccc(C)c1S(=O)(=O)NC(=O)C(C)N1CCNCC1. The van der Waals surface area contributed by atoms with E-state index in [0.29, 0.717) is 11.1 Å². The summed E-state index contributed by atoms with van der Waals surface area (Å²) >= 11 is 0. The van der Waals surface area contributed by atoms with Gasteiger partial charge in [0.1, 0.15) is 0 Å². The second kappa shape index (κ2) is 6.76. The first-order valence-electron chi connectivity index (χ1n) is 7.40. The van der Waals surface area contributed by atoms with E-state index in [1.54, 1.807) is 39.0 Å². The van der Waals surface area contributed by atoms with E-state index in [0.717, 1.165) is 26.2 Å². The summed E-state index contributed by atoms with van der Waals surface area (Å²) in [6.45, 7) is 8.27. The van der Waals surface area contributed by atoms with Gasteiger partial charge in [0.05, 0.1) is 10.9 Å². The first-order chi connectivity index (χ1) is 10.3. The van der Waals surface area contributed by atoms with Crippen molar-refractivity contribution in [3.8, 4) is 0 Å². The number of benzene rings is 1. The van der Waals surface area contributed by atoms with Crippen LogP contribution in [0.1, 0.15) is 18.1 Å². The zero-order valence-electron chi connectivity index (χ0n) is 13.2. The summed E-state index contributed by atoms with van der Waals surface area (Å²) in [5.74, 6) is -0.482. The van der Waals surface area contributed by atoms with Crippen molar-refractivity contribution < 1.29 is 13.2 Å². The molecule has 1 aromatic rings. The highest BCUT2D eigenvalue weighted by molar-refractivity contribution is 7.90. The molecule has 0 radical (unpaired) electrons. The van der Waals surface area contributed by atoms with Crippen LogP contribution in [0.3, 0.4) is 0 Å². The van der Waals surface area contributed by atoms with Crippen molar-refractivity contribution in [3.05, 3.63) is 29.3 Å². The molecule has 1 atom stereocenters. The Bertz CT molecular complexity index is 632. The van der Waals surface area contributed by atoms with Gasteiger partial charge in [-0.3, -0.25) is 9.69 Å². The van der Waals surface area contributed by atoms with Crippen molar-refractivity contribution >= 4 is 15.9 Å². The molecule has 1 saturated heterocycles. The molecule has 1 amide bonds. The van der Waals surface area contributed by atoms with Gasteiger partial charge < -0.3 is 5.32 Å². The highest BCUT2D eigenvalue weighted by Crippen LogP contribution is 2.19. The number of sulfonamides is 1. The zero-order valence-corrected chi connectivity index (χ0v) is 14.0. The van der Waals surface area contributed by atoms with Crippen LogP contribution in [-0.2, 0) is 14.8 Å². The number of rotatable bonds is 4. The van der Waals surface area contributed by atoms with Crippen LogP contribution in [0.5, 0.6) is 0 Å². The molecule has 122 valence electrons. The van der Waals surface area contributed by atoms with Gasteiger partial charge in [-0.2, -0.15) is 0 Å². The van der Waals surface area contributed by atoms with Crippen LogP contribution in [0.2, 0.25) is 0 Å². The molecule has 7 heteroatoms. The molecule has 6 nitrogen and oxygen atoms in total. The summed E-state index contributed by atoms with van der Waals surface area (Å²) in [5, 5.41) is 3.21. The molecule has 1 aliphatic rings. The standard InChI is InChI=1S/C15H23N3O3S/c1-11-5-4-6-12(2)14(11)22(20,21)17-15(19)13(3)18-9-7-16-8-10-18/h4-6,13,16H,7-10H2,1-3H3,(H,17,19). The van der Waals surface area contributed by atoms with Crippen molar-refractivity contribution in [2.24, 2.45) is 0 Å². The summed E-state index contributed by atoms with van der Waals surface area (Å²) in [6, 6.07) is 4.79. The molecule has 2 rings (SSSR count). The minimum Gasteiger partial charge on any atom is -0.314 e. The van der Waals surface area contributed by atoms with Crippen LogP contribution < -0.4 is 10.0 Å². The number of aryl methyl sites for hydroxylation is 2. The molecule has 1 heterocycles. The third-order valence-electron chi connectivity index (χ3n) is 3.99. The Morgan fingerprint density at radius 1 is 1.23 bits per heavy atom. The van der Waals surface area contributed by atoms with Gasteiger partial charge in [0.15, 0.2) is 0 Å².